The van der Waals surface area contributed by atoms with Crippen molar-refractivity contribution >= 4 is 5.91 Å². The fourth-order valence-corrected chi connectivity index (χ4v) is 2.60. The van der Waals surface area contributed by atoms with Crippen LogP contribution in [-0.2, 0) is 7.05 Å². The van der Waals surface area contributed by atoms with Crippen molar-refractivity contribution in [1.29, 1.82) is 0 Å². The summed E-state index contributed by atoms with van der Waals surface area (Å²) in [6.45, 7) is 1.19. The number of aryl methyl sites for hydroxylation is 1. The lowest BCUT2D eigenvalue weighted by atomic mass is 10.1. The second-order valence-corrected chi connectivity index (χ2v) is 5.12. The standard InChI is InChI=1S/C14H18N4O2/c1-16-13(17-6-2-3-7-17)12(10-15-16)14(20)18-8-4-11(19)5-9-18/h2-3,6-7,10-11,19H,4-5,8-9H2,1H3. The number of likely N-dealkylation sites (tertiary alicyclic amines) is 1. The largest absolute Gasteiger partial charge is 0.393 e. The van der Waals surface area contributed by atoms with E-state index in [0.717, 1.165) is 5.82 Å². The van der Waals surface area contributed by atoms with Crippen LogP contribution >= 0.6 is 0 Å². The molecule has 1 fully saturated rings. The van der Waals surface area contributed by atoms with E-state index in [4.69, 9.17) is 0 Å². The van der Waals surface area contributed by atoms with Gasteiger partial charge in [0.05, 0.1) is 12.3 Å². The van der Waals surface area contributed by atoms with Gasteiger partial charge in [-0.15, -0.1) is 0 Å². The van der Waals surface area contributed by atoms with E-state index in [-0.39, 0.29) is 12.0 Å². The van der Waals surface area contributed by atoms with E-state index >= 15 is 0 Å². The van der Waals surface area contributed by atoms with Gasteiger partial charge in [0.25, 0.3) is 5.91 Å². The van der Waals surface area contributed by atoms with Crippen LogP contribution in [0.1, 0.15) is 23.2 Å². The number of hydrogen-bond acceptors (Lipinski definition) is 3. The van der Waals surface area contributed by atoms with Crippen LogP contribution in [0.15, 0.2) is 30.7 Å². The summed E-state index contributed by atoms with van der Waals surface area (Å²) in [5.74, 6) is 0.750. The number of carbonyl (C=O) groups excluding carboxylic acids is 1. The van der Waals surface area contributed by atoms with Crippen LogP contribution in [0.2, 0.25) is 0 Å². The van der Waals surface area contributed by atoms with Crippen molar-refractivity contribution in [2.75, 3.05) is 13.1 Å². The normalized spacial score (nSPS) is 16.6. The van der Waals surface area contributed by atoms with Gasteiger partial charge in [0, 0.05) is 32.5 Å². The van der Waals surface area contributed by atoms with E-state index in [9.17, 15) is 9.90 Å². The number of nitrogens with zero attached hydrogens (tertiary/aromatic N) is 4. The minimum absolute atomic E-state index is 0.0197. The minimum Gasteiger partial charge on any atom is -0.393 e. The molecule has 6 nitrogen and oxygen atoms in total. The Bertz CT molecular complexity index is 595. The molecule has 106 valence electrons. The first-order chi connectivity index (χ1) is 9.66. The summed E-state index contributed by atoms with van der Waals surface area (Å²) in [5, 5.41) is 13.7. The van der Waals surface area contributed by atoms with Crippen LogP contribution in [0.25, 0.3) is 5.82 Å². The zero-order valence-corrected chi connectivity index (χ0v) is 11.4. The predicted molar refractivity (Wildman–Crippen MR) is 73.7 cm³/mol. The van der Waals surface area contributed by atoms with E-state index in [1.165, 1.54) is 0 Å². The minimum atomic E-state index is -0.281. The van der Waals surface area contributed by atoms with Crippen molar-refractivity contribution in [2.24, 2.45) is 7.05 Å². The molecule has 0 atom stereocenters. The van der Waals surface area contributed by atoms with Crippen molar-refractivity contribution in [3.8, 4) is 5.82 Å². The Labute approximate surface area is 117 Å². The molecule has 0 spiro atoms. The number of hydrogen-bond donors (Lipinski definition) is 1. The number of aromatic nitrogens is 3. The SMILES string of the molecule is Cn1ncc(C(=O)N2CCC(O)CC2)c1-n1cccc1. The molecule has 6 heteroatoms. The van der Waals surface area contributed by atoms with Gasteiger partial charge in [0.15, 0.2) is 0 Å². The summed E-state index contributed by atoms with van der Waals surface area (Å²) in [7, 11) is 1.83. The molecule has 2 aromatic rings. The molecule has 0 aliphatic carbocycles. The molecular weight excluding hydrogens is 256 g/mol. The third-order valence-electron chi connectivity index (χ3n) is 3.74. The Kier molecular flexibility index (Phi) is 3.31. The van der Waals surface area contributed by atoms with Crippen molar-refractivity contribution in [1.82, 2.24) is 19.2 Å². The Morgan fingerprint density at radius 1 is 1.30 bits per heavy atom. The third kappa shape index (κ3) is 2.22. The van der Waals surface area contributed by atoms with Crippen molar-refractivity contribution in [3.63, 3.8) is 0 Å². The molecule has 1 N–H and O–H groups in total. The second kappa shape index (κ2) is 5.13. The van der Waals surface area contributed by atoms with Crippen molar-refractivity contribution in [2.45, 2.75) is 18.9 Å². The average Bonchev–Trinajstić information content (AvgIpc) is 3.07. The van der Waals surface area contributed by atoms with Crippen LogP contribution in [0, 0.1) is 0 Å². The first-order valence-electron chi connectivity index (χ1n) is 6.79. The smallest absolute Gasteiger partial charge is 0.259 e. The molecule has 1 aliphatic heterocycles. The number of piperidine rings is 1. The van der Waals surface area contributed by atoms with Gasteiger partial charge in [-0.3, -0.25) is 9.48 Å². The molecule has 3 heterocycles. The number of amides is 1. The zero-order chi connectivity index (χ0) is 14.1. The van der Waals surface area contributed by atoms with Gasteiger partial charge in [-0.2, -0.15) is 5.10 Å². The summed E-state index contributed by atoms with van der Waals surface area (Å²) < 4.78 is 3.59. The molecule has 1 aliphatic rings. The Morgan fingerprint density at radius 3 is 2.60 bits per heavy atom. The lowest BCUT2D eigenvalue weighted by Gasteiger charge is -2.29. The summed E-state index contributed by atoms with van der Waals surface area (Å²) >= 11 is 0. The molecule has 0 radical (unpaired) electrons. The summed E-state index contributed by atoms with van der Waals surface area (Å²) in [4.78, 5) is 14.4. The van der Waals surface area contributed by atoms with Crippen LogP contribution in [0.5, 0.6) is 0 Å². The maximum absolute atomic E-state index is 12.6. The fourth-order valence-electron chi connectivity index (χ4n) is 2.60. The summed E-state index contributed by atoms with van der Waals surface area (Å²) in [6, 6.07) is 3.83. The predicted octanol–water partition coefficient (Wildman–Crippen LogP) is 0.808. The van der Waals surface area contributed by atoms with Gasteiger partial charge in [-0.1, -0.05) is 0 Å². The van der Waals surface area contributed by atoms with Gasteiger partial charge in [0.2, 0.25) is 0 Å². The third-order valence-corrected chi connectivity index (χ3v) is 3.74. The number of rotatable bonds is 2. The molecular formula is C14H18N4O2. The molecule has 0 bridgehead atoms. The molecule has 0 saturated carbocycles. The topological polar surface area (TPSA) is 63.3 Å². The quantitative estimate of drug-likeness (QED) is 0.881. The molecule has 1 amide bonds. The van der Waals surface area contributed by atoms with E-state index < -0.39 is 0 Å². The lowest BCUT2D eigenvalue weighted by molar-refractivity contribution is 0.0546. The maximum Gasteiger partial charge on any atom is 0.259 e. The van der Waals surface area contributed by atoms with Crippen LogP contribution in [0.4, 0.5) is 0 Å². The Morgan fingerprint density at radius 2 is 1.95 bits per heavy atom. The highest BCUT2D eigenvalue weighted by molar-refractivity contribution is 5.97. The molecule has 20 heavy (non-hydrogen) atoms. The van der Waals surface area contributed by atoms with Gasteiger partial charge in [0.1, 0.15) is 11.4 Å². The van der Waals surface area contributed by atoms with Crippen LogP contribution in [0.3, 0.4) is 0 Å². The van der Waals surface area contributed by atoms with Gasteiger partial charge >= 0.3 is 0 Å². The van der Waals surface area contributed by atoms with Gasteiger partial charge in [-0.05, 0) is 25.0 Å². The highest BCUT2D eigenvalue weighted by Crippen LogP contribution is 2.19. The second-order valence-electron chi connectivity index (χ2n) is 5.12. The van der Waals surface area contributed by atoms with Gasteiger partial charge in [-0.25, -0.2) is 0 Å². The first-order valence-corrected chi connectivity index (χ1v) is 6.79. The average molecular weight is 274 g/mol. The Balaban J connectivity index is 1.89. The number of aliphatic hydroxyl groups is 1. The molecule has 3 rings (SSSR count). The van der Waals surface area contributed by atoms with Crippen molar-refractivity contribution < 1.29 is 9.90 Å². The molecule has 0 aromatic carbocycles. The zero-order valence-electron chi connectivity index (χ0n) is 11.4. The van der Waals surface area contributed by atoms with E-state index in [2.05, 4.69) is 5.10 Å². The fraction of sp³-hybridized carbons (Fsp3) is 0.429. The monoisotopic (exact) mass is 274 g/mol. The summed E-state index contributed by atoms with van der Waals surface area (Å²) in [6.07, 6.45) is 6.41. The highest BCUT2D eigenvalue weighted by atomic mass is 16.3. The van der Waals surface area contributed by atoms with Gasteiger partial charge < -0.3 is 14.6 Å². The molecule has 0 unspecified atom stereocenters. The maximum atomic E-state index is 12.6. The molecule has 1 saturated heterocycles. The summed E-state index contributed by atoms with van der Waals surface area (Å²) in [5.41, 5.74) is 0.597. The van der Waals surface area contributed by atoms with E-state index in [1.807, 2.05) is 36.1 Å². The molecule has 2 aromatic heterocycles. The van der Waals surface area contributed by atoms with Crippen molar-refractivity contribution in [3.05, 3.63) is 36.3 Å². The van der Waals surface area contributed by atoms with Crippen LogP contribution in [-0.4, -0.2) is 49.5 Å². The van der Waals surface area contributed by atoms with Crippen LogP contribution < -0.4 is 0 Å². The first kappa shape index (κ1) is 12.9. The van der Waals surface area contributed by atoms with E-state index in [0.29, 0.717) is 31.5 Å². The number of carbonyl (C=O) groups is 1. The Hall–Kier alpha value is -2.08. The lowest BCUT2D eigenvalue weighted by Crippen LogP contribution is -2.40. The highest BCUT2D eigenvalue weighted by Gasteiger charge is 2.26. The van der Waals surface area contributed by atoms with E-state index in [1.54, 1.807) is 15.8 Å². The number of aliphatic hydroxyl groups excluding tert-OH is 1.